The summed E-state index contributed by atoms with van der Waals surface area (Å²) in [4.78, 5) is 24.3. The Labute approximate surface area is 190 Å². The van der Waals surface area contributed by atoms with Crippen LogP contribution in [0.5, 0.6) is 0 Å². The zero-order chi connectivity index (χ0) is 22.1. The number of pyridine rings is 2. The molecule has 1 aliphatic heterocycles. The predicted octanol–water partition coefficient (Wildman–Crippen LogP) is 3.57. The second kappa shape index (κ2) is 8.64. The fourth-order valence-corrected chi connectivity index (χ4v) is 4.22. The highest BCUT2D eigenvalue weighted by atomic mass is 35.5. The molecular weight excluding hydrogens is 426 g/mol. The zero-order valence-corrected chi connectivity index (χ0v) is 18.3. The van der Waals surface area contributed by atoms with E-state index >= 15 is 0 Å². The van der Waals surface area contributed by atoms with Crippen LogP contribution in [0.3, 0.4) is 0 Å². The van der Waals surface area contributed by atoms with E-state index in [0.717, 1.165) is 36.3 Å². The third kappa shape index (κ3) is 3.83. The highest BCUT2D eigenvalue weighted by Crippen LogP contribution is 2.28. The molecule has 1 aromatic carbocycles. The van der Waals surface area contributed by atoms with Crippen molar-refractivity contribution < 1.29 is 4.79 Å². The maximum absolute atomic E-state index is 13.6. The van der Waals surface area contributed by atoms with Crippen LogP contribution < -0.4 is 10.2 Å². The molecule has 1 amide bonds. The van der Waals surface area contributed by atoms with Gasteiger partial charge in [0, 0.05) is 24.0 Å². The van der Waals surface area contributed by atoms with Crippen molar-refractivity contribution in [2.24, 2.45) is 0 Å². The fourth-order valence-electron chi connectivity index (χ4n) is 4.01. The quantitative estimate of drug-likeness (QED) is 0.514. The predicted molar refractivity (Wildman–Crippen MR) is 123 cm³/mol. The number of anilines is 1. The largest absolute Gasteiger partial charge is 0.315 e. The number of amides is 1. The molecule has 1 fully saturated rings. The van der Waals surface area contributed by atoms with Crippen LogP contribution in [0, 0.1) is 6.92 Å². The highest BCUT2D eigenvalue weighted by Gasteiger charge is 2.30. The summed E-state index contributed by atoms with van der Waals surface area (Å²) < 4.78 is 1.68. The van der Waals surface area contributed by atoms with Crippen molar-refractivity contribution in [3.8, 4) is 5.69 Å². The molecule has 1 aliphatic rings. The van der Waals surface area contributed by atoms with Crippen molar-refractivity contribution in [3.05, 3.63) is 71.0 Å². The van der Waals surface area contributed by atoms with Crippen LogP contribution in [0.2, 0.25) is 5.02 Å². The third-order valence-electron chi connectivity index (χ3n) is 5.62. The first-order valence-corrected chi connectivity index (χ1v) is 10.9. The smallest absolute Gasteiger partial charge is 0.259 e. The maximum atomic E-state index is 13.6. The molecule has 0 aliphatic carbocycles. The van der Waals surface area contributed by atoms with Crippen LogP contribution in [0.25, 0.3) is 16.9 Å². The lowest BCUT2D eigenvalue weighted by atomic mass is 10.0. The lowest BCUT2D eigenvalue weighted by Gasteiger charge is -2.34. The first kappa shape index (κ1) is 20.5. The summed E-state index contributed by atoms with van der Waals surface area (Å²) in [5.41, 5.74) is 3.62. The van der Waals surface area contributed by atoms with Gasteiger partial charge in [0.25, 0.3) is 5.91 Å². The van der Waals surface area contributed by atoms with Crippen molar-refractivity contribution in [1.29, 1.82) is 0 Å². The van der Waals surface area contributed by atoms with Gasteiger partial charge in [-0.15, -0.1) is 5.10 Å². The monoisotopic (exact) mass is 447 g/mol. The normalized spacial score (nSPS) is 16.2. The van der Waals surface area contributed by atoms with Gasteiger partial charge < -0.3 is 5.32 Å². The lowest BCUT2D eigenvalue weighted by molar-refractivity contribution is 0.0971. The number of benzene rings is 1. The summed E-state index contributed by atoms with van der Waals surface area (Å²) in [6.07, 6.45) is 3.54. The van der Waals surface area contributed by atoms with E-state index in [4.69, 9.17) is 11.6 Å². The van der Waals surface area contributed by atoms with Gasteiger partial charge >= 0.3 is 0 Å². The van der Waals surface area contributed by atoms with E-state index in [2.05, 4.69) is 25.6 Å². The number of fused-ring (bicyclic) bond motifs is 1. The number of halogens is 1. The average molecular weight is 448 g/mol. The number of hydrogen-bond acceptors (Lipinski definition) is 6. The molecule has 4 aromatic rings. The molecule has 1 N–H and O–H groups in total. The Hall–Kier alpha value is -3.36. The third-order valence-corrected chi connectivity index (χ3v) is 5.91. The Kier molecular flexibility index (Phi) is 5.55. The van der Waals surface area contributed by atoms with Crippen LogP contribution in [-0.2, 0) is 0 Å². The van der Waals surface area contributed by atoms with Crippen molar-refractivity contribution in [3.63, 3.8) is 0 Å². The summed E-state index contributed by atoms with van der Waals surface area (Å²) >= 11 is 6.43. The Morgan fingerprint density at radius 3 is 2.78 bits per heavy atom. The average Bonchev–Trinajstić information content (AvgIpc) is 3.24. The van der Waals surface area contributed by atoms with Gasteiger partial charge in [-0.05, 0) is 74.8 Å². The van der Waals surface area contributed by atoms with Crippen molar-refractivity contribution in [2.45, 2.75) is 25.8 Å². The van der Waals surface area contributed by atoms with Crippen LogP contribution in [0.1, 0.15) is 28.9 Å². The zero-order valence-electron chi connectivity index (χ0n) is 17.6. The summed E-state index contributed by atoms with van der Waals surface area (Å²) in [6, 6.07) is 14.6. The van der Waals surface area contributed by atoms with Crippen LogP contribution in [0.4, 0.5) is 5.82 Å². The molecule has 4 heterocycles. The summed E-state index contributed by atoms with van der Waals surface area (Å²) in [6.45, 7) is 3.57. The molecule has 0 radical (unpaired) electrons. The fraction of sp³-hybridized carbons (Fsp3) is 0.261. The molecule has 8 nitrogen and oxygen atoms in total. The van der Waals surface area contributed by atoms with E-state index < -0.39 is 0 Å². The van der Waals surface area contributed by atoms with E-state index in [0.29, 0.717) is 28.6 Å². The van der Waals surface area contributed by atoms with Crippen LogP contribution in [-0.4, -0.2) is 50.0 Å². The molecule has 32 heavy (non-hydrogen) atoms. The lowest BCUT2D eigenvalue weighted by Crippen LogP contribution is -2.49. The standard InChI is InChI=1S/C23H22ClN7O/c1-15-6-11-20-22(27-15)31(29-28-20)17-9-7-16(8-10-17)23(32)30(18-4-2-12-25-14-18)21-19(24)5-3-13-26-21/h3,5-11,13,18,25H,2,4,12,14H2,1H3/t18-/m1/s1. The van der Waals surface area contributed by atoms with Gasteiger partial charge in [-0.25, -0.2) is 9.97 Å². The SMILES string of the molecule is Cc1ccc2nnn(-c3ccc(C(=O)N(c4ncccc4Cl)[C@@H]4CCCNC4)cc3)c2n1. The first-order valence-electron chi connectivity index (χ1n) is 10.6. The number of carbonyl (C=O) groups excluding carboxylic acids is 1. The number of nitrogens with zero attached hydrogens (tertiary/aromatic N) is 6. The Morgan fingerprint density at radius 2 is 2.03 bits per heavy atom. The number of piperidine rings is 1. The van der Waals surface area contributed by atoms with Gasteiger partial charge in [-0.1, -0.05) is 16.8 Å². The molecule has 5 rings (SSSR count). The molecule has 1 atom stereocenters. The number of nitrogens with one attached hydrogen (secondary N) is 1. The van der Waals surface area contributed by atoms with Gasteiger partial charge in [0.05, 0.1) is 16.8 Å². The van der Waals surface area contributed by atoms with Gasteiger partial charge in [-0.3, -0.25) is 9.69 Å². The van der Waals surface area contributed by atoms with E-state index in [-0.39, 0.29) is 11.9 Å². The van der Waals surface area contributed by atoms with E-state index in [1.807, 2.05) is 31.2 Å². The number of hydrogen-bond donors (Lipinski definition) is 1. The van der Waals surface area contributed by atoms with Gasteiger partial charge in [0.15, 0.2) is 11.5 Å². The topological polar surface area (TPSA) is 88.8 Å². The minimum absolute atomic E-state index is 0.0187. The van der Waals surface area contributed by atoms with Crippen LogP contribution in [0.15, 0.2) is 54.7 Å². The number of aryl methyl sites for hydroxylation is 1. The van der Waals surface area contributed by atoms with Crippen LogP contribution >= 0.6 is 11.6 Å². The minimum atomic E-state index is -0.136. The first-order chi connectivity index (χ1) is 15.6. The van der Waals surface area contributed by atoms with Crippen molar-refractivity contribution >= 4 is 34.5 Å². The summed E-state index contributed by atoms with van der Waals surface area (Å²) in [5, 5.41) is 12.2. The highest BCUT2D eigenvalue weighted by molar-refractivity contribution is 6.33. The molecule has 1 saturated heterocycles. The second-order valence-corrected chi connectivity index (χ2v) is 8.23. The molecule has 3 aromatic heterocycles. The van der Waals surface area contributed by atoms with Gasteiger partial charge in [0.2, 0.25) is 0 Å². The van der Waals surface area contributed by atoms with Gasteiger partial charge in [-0.2, -0.15) is 4.68 Å². The molecule has 0 unspecified atom stereocenters. The summed E-state index contributed by atoms with van der Waals surface area (Å²) in [5.74, 6) is 0.349. The van der Waals surface area contributed by atoms with Gasteiger partial charge in [0.1, 0.15) is 5.52 Å². The van der Waals surface area contributed by atoms with E-state index in [1.165, 1.54) is 0 Å². The second-order valence-electron chi connectivity index (χ2n) is 7.83. The van der Waals surface area contributed by atoms with E-state index in [1.54, 1.807) is 40.0 Å². The molecule has 0 saturated carbocycles. The number of rotatable bonds is 4. The Morgan fingerprint density at radius 1 is 1.19 bits per heavy atom. The van der Waals surface area contributed by atoms with Crippen molar-refractivity contribution in [2.75, 3.05) is 18.0 Å². The molecule has 162 valence electrons. The molecular formula is C23H22ClN7O. The molecule has 0 spiro atoms. The molecule has 0 bridgehead atoms. The summed E-state index contributed by atoms with van der Waals surface area (Å²) in [7, 11) is 0. The van der Waals surface area contributed by atoms with E-state index in [9.17, 15) is 4.79 Å². The Bertz CT molecular complexity index is 1270. The number of carbonyl (C=O) groups is 1. The molecule has 9 heteroatoms. The van der Waals surface area contributed by atoms with Crippen molar-refractivity contribution in [1.82, 2.24) is 30.3 Å². The maximum Gasteiger partial charge on any atom is 0.259 e. The number of aromatic nitrogens is 5. The minimum Gasteiger partial charge on any atom is -0.315 e. The Balaban J connectivity index is 1.49.